The summed E-state index contributed by atoms with van der Waals surface area (Å²) in [7, 11) is 0. The van der Waals surface area contributed by atoms with Crippen LogP contribution in [0.15, 0.2) is 48.5 Å². The zero-order valence-corrected chi connectivity index (χ0v) is 17.4. The van der Waals surface area contributed by atoms with Crippen molar-refractivity contribution in [3.63, 3.8) is 0 Å². The lowest BCUT2D eigenvalue weighted by molar-refractivity contribution is -0.131. The average Bonchev–Trinajstić information content (AvgIpc) is 3.06. The number of benzene rings is 2. The standard InChI is InChI=1S/C22H17ClN2O3S/c1-14-21(22(27)24-13-17-4-3-5-18(23)12-17)29-20(25-14)11-8-16-6-9-19(10-7-16)28-15(2)26/h3-7,9-10,12H,13H2,1-2H3,(H,24,27). The fraction of sp³-hybridized carbons (Fsp3) is 0.136. The predicted octanol–water partition coefficient (Wildman–Crippen LogP) is 4.36. The second kappa shape index (κ2) is 9.37. The summed E-state index contributed by atoms with van der Waals surface area (Å²) < 4.78 is 4.99. The number of aromatic nitrogens is 1. The van der Waals surface area contributed by atoms with Crippen LogP contribution in [0.25, 0.3) is 0 Å². The molecule has 0 aliphatic rings. The second-order valence-electron chi connectivity index (χ2n) is 6.11. The van der Waals surface area contributed by atoms with Gasteiger partial charge in [-0.15, -0.1) is 11.3 Å². The Morgan fingerprint density at radius 2 is 1.93 bits per heavy atom. The van der Waals surface area contributed by atoms with E-state index in [9.17, 15) is 9.59 Å². The van der Waals surface area contributed by atoms with Gasteiger partial charge in [-0.2, -0.15) is 0 Å². The van der Waals surface area contributed by atoms with E-state index < -0.39 is 0 Å². The smallest absolute Gasteiger partial charge is 0.308 e. The van der Waals surface area contributed by atoms with Gasteiger partial charge in [0.1, 0.15) is 10.6 Å². The molecule has 0 saturated heterocycles. The van der Waals surface area contributed by atoms with Gasteiger partial charge in [0.25, 0.3) is 5.91 Å². The third-order valence-electron chi connectivity index (χ3n) is 3.77. The normalized spacial score (nSPS) is 10.0. The molecule has 1 aromatic heterocycles. The lowest BCUT2D eigenvalue weighted by atomic mass is 10.2. The Kier molecular flexibility index (Phi) is 6.65. The first-order chi connectivity index (χ1) is 13.9. The van der Waals surface area contributed by atoms with Crippen molar-refractivity contribution >= 4 is 34.8 Å². The van der Waals surface area contributed by atoms with Gasteiger partial charge >= 0.3 is 5.97 Å². The highest BCUT2D eigenvalue weighted by Crippen LogP contribution is 2.18. The first-order valence-electron chi connectivity index (χ1n) is 8.71. The zero-order valence-electron chi connectivity index (χ0n) is 15.8. The van der Waals surface area contributed by atoms with E-state index in [-0.39, 0.29) is 11.9 Å². The summed E-state index contributed by atoms with van der Waals surface area (Å²) in [6.45, 7) is 3.51. The SMILES string of the molecule is CC(=O)Oc1ccc(C#Cc2nc(C)c(C(=O)NCc3cccc(Cl)c3)s2)cc1. The van der Waals surface area contributed by atoms with Gasteiger partial charge in [0.2, 0.25) is 0 Å². The summed E-state index contributed by atoms with van der Waals surface area (Å²) in [5, 5.41) is 4.06. The van der Waals surface area contributed by atoms with Crippen molar-refractivity contribution in [3.8, 4) is 17.6 Å². The lowest BCUT2D eigenvalue weighted by Crippen LogP contribution is -2.22. The van der Waals surface area contributed by atoms with E-state index in [1.54, 1.807) is 37.3 Å². The summed E-state index contributed by atoms with van der Waals surface area (Å²) in [6, 6.07) is 14.2. The van der Waals surface area contributed by atoms with Crippen LogP contribution in [-0.2, 0) is 11.3 Å². The Balaban J connectivity index is 1.66. The van der Waals surface area contributed by atoms with E-state index in [0.29, 0.717) is 32.9 Å². The van der Waals surface area contributed by atoms with Crippen LogP contribution >= 0.6 is 22.9 Å². The molecule has 1 heterocycles. The van der Waals surface area contributed by atoms with Crippen molar-refractivity contribution in [2.45, 2.75) is 20.4 Å². The number of aryl methyl sites for hydroxylation is 1. The highest BCUT2D eigenvalue weighted by molar-refractivity contribution is 7.14. The van der Waals surface area contributed by atoms with E-state index >= 15 is 0 Å². The van der Waals surface area contributed by atoms with Gasteiger partial charge < -0.3 is 10.1 Å². The molecule has 1 N–H and O–H groups in total. The number of nitrogens with zero attached hydrogens (tertiary/aromatic N) is 1. The van der Waals surface area contributed by atoms with Crippen molar-refractivity contribution in [2.24, 2.45) is 0 Å². The number of carbonyl (C=O) groups excluding carboxylic acids is 2. The number of ether oxygens (including phenoxy) is 1. The Labute approximate surface area is 177 Å². The molecule has 0 atom stereocenters. The molecule has 0 aliphatic heterocycles. The van der Waals surface area contributed by atoms with Gasteiger partial charge in [0, 0.05) is 24.1 Å². The number of thiazole rings is 1. The lowest BCUT2D eigenvalue weighted by Gasteiger charge is -2.04. The Bertz CT molecular complexity index is 1110. The third kappa shape index (κ3) is 5.92. The molecule has 0 saturated carbocycles. The Hall–Kier alpha value is -3.14. The average molecular weight is 425 g/mol. The molecule has 5 nitrogen and oxygen atoms in total. The topological polar surface area (TPSA) is 68.3 Å². The number of hydrogen-bond acceptors (Lipinski definition) is 5. The number of carbonyl (C=O) groups is 2. The largest absolute Gasteiger partial charge is 0.427 e. The van der Waals surface area contributed by atoms with Gasteiger partial charge in [0.05, 0.1) is 5.69 Å². The van der Waals surface area contributed by atoms with Crippen LogP contribution in [0.3, 0.4) is 0 Å². The quantitative estimate of drug-likeness (QED) is 0.384. The van der Waals surface area contributed by atoms with Crippen molar-refractivity contribution < 1.29 is 14.3 Å². The van der Waals surface area contributed by atoms with Crippen molar-refractivity contribution in [2.75, 3.05) is 0 Å². The number of hydrogen-bond donors (Lipinski definition) is 1. The fourth-order valence-corrected chi connectivity index (χ4v) is 3.52. The first-order valence-corrected chi connectivity index (χ1v) is 9.91. The molecule has 0 fully saturated rings. The molecule has 0 unspecified atom stereocenters. The molecule has 2 aromatic carbocycles. The van der Waals surface area contributed by atoms with Crippen LogP contribution < -0.4 is 10.1 Å². The highest BCUT2D eigenvalue weighted by Gasteiger charge is 2.14. The van der Waals surface area contributed by atoms with Crippen molar-refractivity contribution in [1.82, 2.24) is 10.3 Å². The number of rotatable bonds is 4. The zero-order chi connectivity index (χ0) is 20.8. The van der Waals surface area contributed by atoms with Crippen LogP contribution in [0, 0.1) is 18.8 Å². The Morgan fingerprint density at radius 1 is 1.17 bits per heavy atom. The van der Waals surface area contributed by atoms with Crippen LogP contribution in [0.2, 0.25) is 5.02 Å². The van der Waals surface area contributed by atoms with E-state index in [4.69, 9.17) is 16.3 Å². The maximum absolute atomic E-state index is 12.5. The maximum Gasteiger partial charge on any atom is 0.308 e. The molecule has 3 rings (SSSR count). The van der Waals surface area contributed by atoms with Gasteiger partial charge in [-0.3, -0.25) is 9.59 Å². The maximum atomic E-state index is 12.5. The summed E-state index contributed by atoms with van der Waals surface area (Å²) in [5.74, 6) is 5.86. The van der Waals surface area contributed by atoms with E-state index in [1.807, 2.05) is 18.2 Å². The molecule has 0 radical (unpaired) electrons. The van der Waals surface area contributed by atoms with E-state index in [0.717, 1.165) is 11.1 Å². The summed E-state index contributed by atoms with van der Waals surface area (Å²) in [5.41, 5.74) is 2.30. The third-order valence-corrected chi connectivity index (χ3v) is 5.08. The summed E-state index contributed by atoms with van der Waals surface area (Å²) >= 11 is 7.21. The van der Waals surface area contributed by atoms with Crippen molar-refractivity contribution in [1.29, 1.82) is 0 Å². The molecule has 3 aromatic rings. The van der Waals surface area contributed by atoms with E-state index in [1.165, 1.54) is 18.3 Å². The number of esters is 1. The number of halogens is 1. The number of amides is 1. The van der Waals surface area contributed by atoms with Crippen LogP contribution in [0.5, 0.6) is 5.75 Å². The molecular formula is C22H17ClN2O3S. The first kappa shape index (κ1) is 20.6. The minimum absolute atomic E-state index is 0.196. The van der Waals surface area contributed by atoms with Gasteiger partial charge in [-0.1, -0.05) is 29.7 Å². The summed E-state index contributed by atoms with van der Waals surface area (Å²) in [6.07, 6.45) is 0. The monoisotopic (exact) mass is 424 g/mol. The van der Waals surface area contributed by atoms with Crippen LogP contribution in [0.4, 0.5) is 0 Å². The predicted molar refractivity (Wildman–Crippen MR) is 113 cm³/mol. The molecule has 1 amide bonds. The molecular weight excluding hydrogens is 408 g/mol. The van der Waals surface area contributed by atoms with Gasteiger partial charge in [-0.25, -0.2) is 4.98 Å². The summed E-state index contributed by atoms with van der Waals surface area (Å²) in [4.78, 5) is 28.3. The molecule has 146 valence electrons. The van der Waals surface area contributed by atoms with Crippen molar-refractivity contribution in [3.05, 3.63) is 80.3 Å². The van der Waals surface area contributed by atoms with Gasteiger partial charge in [0.15, 0.2) is 5.01 Å². The fourth-order valence-electron chi connectivity index (χ4n) is 2.47. The highest BCUT2D eigenvalue weighted by atomic mass is 35.5. The minimum Gasteiger partial charge on any atom is -0.427 e. The molecule has 7 heteroatoms. The molecule has 29 heavy (non-hydrogen) atoms. The molecule has 0 aliphatic carbocycles. The molecule has 0 spiro atoms. The van der Waals surface area contributed by atoms with Crippen LogP contribution in [-0.4, -0.2) is 16.9 Å². The van der Waals surface area contributed by atoms with Crippen LogP contribution in [0.1, 0.15) is 38.4 Å². The Morgan fingerprint density at radius 3 is 2.62 bits per heavy atom. The molecule has 0 bridgehead atoms. The minimum atomic E-state index is -0.372. The van der Waals surface area contributed by atoms with Gasteiger partial charge in [-0.05, 0) is 54.8 Å². The second-order valence-corrected chi connectivity index (χ2v) is 7.55. The number of nitrogens with one attached hydrogen (secondary N) is 1. The van der Waals surface area contributed by atoms with E-state index in [2.05, 4.69) is 22.1 Å².